The van der Waals surface area contributed by atoms with Crippen LogP contribution in [-0.2, 0) is 9.59 Å². The second kappa shape index (κ2) is 5.26. The van der Waals surface area contributed by atoms with Crippen LogP contribution in [0.25, 0.3) is 0 Å². The topological polar surface area (TPSA) is 63.4 Å². The molecule has 1 amide bonds. The summed E-state index contributed by atoms with van der Waals surface area (Å²) in [4.78, 5) is 23.7. The second-order valence-corrected chi connectivity index (χ2v) is 3.18. The van der Waals surface area contributed by atoms with Crippen molar-refractivity contribution in [3.63, 3.8) is 0 Å². The molecule has 0 radical (unpaired) electrons. The quantitative estimate of drug-likeness (QED) is 0.732. The summed E-state index contributed by atoms with van der Waals surface area (Å²) in [6.07, 6.45) is 0.723. The van der Waals surface area contributed by atoms with Gasteiger partial charge in [-0.1, -0.05) is 18.2 Å². The SMILES string of the molecule is C[C@@H](C=O)N(C(=O)CN)c1ccccc1. The number of carbonyl (C=O) groups excluding carboxylic acids is 2. The number of nitrogens with two attached hydrogens (primary N) is 1. The van der Waals surface area contributed by atoms with E-state index in [-0.39, 0.29) is 12.5 Å². The molecule has 0 aliphatic rings. The van der Waals surface area contributed by atoms with Crippen LogP contribution in [0.15, 0.2) is 30.3 Å². The van der Waals surface area contributed by atoms with Crippen LogP contribution in [0.4, 0.5) is 5.69 Å². The molecule has 0 saturated carbocycles. The van der Waals surface area contributed by atoms with Crippen LogP contribution in [-0.4, -0.2) is 24.8 Å². The Morgan fingerprint density at radius 3 is 2.53 bits per heavy atom. The van der Waals surface area contributed by atoms with Gasteiger partial charge >= 0.3 is 0 Å². The molecule has 0 aliphatic carbocycles. The van der Waals surface area contributed by atoms with Crippen molar-refractivity contribution in [1.29, 1.82) is 0 Å². The maximum Gasteiger partial charge on any atom is 0.241 e. The van der Waals surface area contributed by atoms with E-state index in [2.05, 4.69) is 0 Å². The summed E-state index contributed by atoms with van der Waals surface area (Å²) in [6, 6.07) is 8.51. The molecule has 2 N–H and O–H groups in total. The number of carbonyl (C=O) groups is 2. The summed E-state index contributed by atoms with van der Waals surface area (Å²) < 4.78 is 0. The molecule has 1 aromatic carbocycles. The Morgan fingerprint density at radius 2 is 2.07 bits per heavy atom. The summed E-state index contributed by atoms with van der Waals surface area (Å²) in [7, 11) is 0. The van der Waals surface area contributed by atoms with Crippen LogP contribution in [0.2, 0.25) is 0 Å². The highest BCUT2D eigenvalue weighted by atomic mass is 16.2. The van der Waals surface area contributed by atoms with E-state index in [0.29, 0.717) is 5.69 Å². The molecule has 0 aliphatic heterocycles. The summed E-state index contributed by atoms with van der Waals surface area (Å²) in [5.74, 6) is -0.263. The van der Waals surface area contributed by atoms with E-state index in [4.69, 9.17) is 5.73 Å². The van der Waals surface area contributed by atoms with Crippen molar-refractivity contribution < 1.29 is 9.59 Å². The maximum absolute atomic E-state index is 11.6. The normalized spacial score (nSPS) is 11.9. The van der Waals surface area contributed by atoms with Crippen molar-refractivity contribution in [2.45, 2.75) is 13.0 Å². The Labute approximate surface area is 88.7 Å². The standard InChI is InChI=1S/C11H14N2O2/c1-9(8-14)13(11(15)7-12)10-5-3-2-4-6-10/h2-6,8-9H,7,12H2,1H3/t9-/m0/s1. The van der Waals surface area contributed by atoms with Gasteiger partial charge < -0.3 is 15.4 Å². The predicted octanol–water partition coefficient (Wildman–Crippen LogP) is 0.566. The lowest BCUT2D eigenvalue weighted by atomic mass is 10.2. The lowest BCUT2D eigenvalue weighted by Crippen LogP contribution is -2.43. The molecule has 4 nitrogen and oxygen atoms in total. The Hall–Kier alpha value is -1.68. The fraction of sp³-hybridized carbons (Fsp3) is 0.273. The molecule has 0 saturated heterocycles. The zero-order chi connectivity index (χ0) is 11.3. The smallest absolute Gasteiger partial charge is 0.241 e. The van der Waals surface area contributed by atoms with Crippen LogP contribution in [0.1, 0.15) is 6.92 Å². The third-order valence-electron chi connectivity index (χ3n) is 2.08. The lowest BCUT2D eigenvalue weighted by Gasteiger charge is -2.25. The van der Waals surface area contributed by atoms with Gasteiger partial charge in [0.25, 0.3) is 0 Å². The van der Waals surface area contributed by atoms with E-state index >= 15 is 0 Å². The number of rotatable bonds is 4. The second-order valence-electron chi connectivity index (χ2n) is 3.18. The average Bonchev–Trinajstić information content (AvgIpc) is 2.30. The Bertz CT molecular complexity index is 338. The molecule has 1 rings (SSSR count). The van der Waals surface area contributed by atoms with Crippen LogP contribution < -0.4 is 10.6 Å². The number of amides is 1. The van der Waals surface area contributed by atoms with Gasteiger partial charge in [0.05, 0.1) is 12.6 Å². The van der Waals surface area contributed by atoms with Gasteiger partial charge in [0.2, 0.25) is 5.91 Å². The molecule has 0 bridgehead atoms. The molecule has 0 spiro atoms. The minimum atomic E-state index is -0.497. The Morgan fingerprint density at radius 1 is 1.47 bits per heavy atom. The number of benzene rings is 1. The third-order valence-corrected chi connectivity index (χ3v) is 2.08. The molecule has 0 fully saturated rings. The van der Waals surface area contributed by atoms with E-state index in [9.17, 15) is 9.59 Å². The summed E-state index contributed by atoms with van der Waals surface area (Å²) >= 11 is 0. The number of anilines is 1. The molecule has 80 valence electrons. The first-order valence-electron chi connectivity index (χ1n) is 4.73. The van der Waals surface area contributed by atoms with Crippen LogP contribution in [0.5, 0.6) is 0 Å². The number of nitrogens with zero attached hydrogens (tertiary/aromatic N) is 1. The van der Waals surface area contributed by atoms with Crippen LogP contribution >= 0.6 is 0 Å². The van der Waals surface area contributed by atoms with Crippen LogP contribution in [0, 0.1) is 0 Å². The van der Waals surface area contributed by atoms with Crippen molar-refractivity contribution in [2.24, 2.45) is 5.73 Å². The average molecular weight is 206 g/mol. The molecule has 1 atom stereocenters. The Kier molecular flexibility index (Phi) is 4.00. The molecular formula is C11H14N2O2. The zero-order valence-electron chi connectivity index (χ0n) is 8.59. The first-order valence-corrected chi connectivity index (χ1v) is 4.73. The first-order chi connectivity index (χ1) is 7.20. The number of hydrogen-bond donors (Lipinski definition) is 1. The van der Waals surface area contributed by atoms with E-state index in [1.165, 1.54) is 4.90 Å². The fourth-order valence-electron chi connectivity index (χ4n) is 1.35. The van der Waals surface area contributed by atoms with Crippen molar-refractivity contribution >= 4 is 17.9 Å². The summed E-state index contributed by atoms with van der Waals surface area (Å²) in [6.45, 7) is 1.56. The van der Waals surface area contributed by atoms with E-state index in [1.807, 2.05) is 18.2 Å². The van der Waals surface area contributed by atoms with Gasteiger partial charge in [0, 0.05) is 5.69 Å². The van der Waals surface area contributed by atoms with E-state index < -0.39 is 6.04 Å². The van der Waals surface area contributed by atoms with Crippen molar-refractivity contribution in [1.82, 2.24) is 0 Å². The third kappa shape index (κ3) is 2.63. The van der Waals surface area contributed by atoms with Gasteiger partial charge in [0.15, 0.2) is 0 Å². The molecule has 4 heteroatoms. The van der Waals surface area contributed by atoms with Gasteiger partial charge in [-0.15, -0.1) is 0 Å². The number of para-hydroxylation sites is 1. The lowest BCUT2D eigenvalue weighted by molar-refractivity contribution is -0.119. The maximum atomic E-state index is 11.6. The summed E-state index contributed by atoms with van der Waals surface area (Å²) in [5.41, 5.74) is 5.98. The number of aldehydes is 1. The van der Waals surface area contributed by atoms with Gasteiger partial charge in [-0.3, -0.25) is 4.79 Å². The molecular weight excluding hydrogens is 192 g/mol. The minimum Gasteiger partial charge on any atom is -0.322 e. The first kappa shape index (κ1) is 11.4. The highest BCUT2D eigenvalue weighted by molar-refractivity contribution is 5.98. The van der Waals surface area contributed by atoms with E-state index in [1.54, 1.807) is 19.1 Å². The zero-order valence-corrected chi connectivity index (χ0v) is 8.59. The molecule has 0 heterocycles. The highest BCUT2D eigenvalue weighted by Crippen LogP contribution is 2.15. The molecule has 0 unspecified atom stereocenters. The van der Waals surface area contributed by atoms with Gasteiger partial charge in [0.1, 0.15) is 6.29 Å². The minimum absolute atomic E-state index is 0.104. The monoisotopic (exact) mass is 206 g/mol. The van der Waals surface area contributed by atoms with Crippen molar-refractivity contribution in [3.05, 3.63) is 30.3 Å². The van der Waals surface area contributed by atoms with Crippen molar-refractivity contribution in [3.8, 4) is 0 Å². The Balaban J connectivity index is 3.01. The highest BCUT2D eigenvalue weighted by Gasteiger charge is 2.19. The predicted molar refractivity (Wildman–Crippen MR) is 58.5 cm³/mol. The van der Waals surface area contributed by atoms with Crippen LogP contribution in [0.3, 0.4) is 0 Å². The van der Waals surface area contributed by atoms with E-state index in [0.717, 1.165) is 6.29 Å². The van der Waals surface area contributed by atoms with Crippen molar-refractivity contribution in [2.75, 3.05) is 11.4 Å². The van der Waals surface area contributed by atoms with Gasteiger partial charge in [-0.2, -0.15) is 0 Å². The fourth-order valence-corrected chi connectivity index (χ4v) is 1.35. The molecule has 15 heavy (non-hydrogen) atoms. The largest absolute Gasteiger partial charge is 0.322 e. The van der Waals surface area contributed by atoms with Gasteiger partial charge in [-0.25, -0.2) is 0 Å². The molecule has 0 aromatic heterocycles. The van der Waals surface area contributed by atoms with Gasteiger partial charge in [-0.05, 0) is 19.1 Å². The molecule has 1 aromatic rings. The summed E-state index contributed by atoms with van der Waals surface area (Å²) in [5, 5.41) is 0. The number of hydrogen-bond acceptors (Lipinski definition) is 3.